The Labute approximate surface area is 175 Å². The second-order valence-corrected chi connectivity index (χ2v) is 8.40. The van der Waals surface area contributed by atoms with Gasteiger partial charge in [0.25, 0.3) is 0 Å². The van der Waals surface area contributed by atoms with Crippen molar-refractivity contribution in [2.45, 2.75) is 29.6 Å². The Bertz CT molecular complexity index is 1240. The summed E-state index contributed by atoms with van der Waals surface area (Å²) in [4.78, 5) is 27.5. The molecule has 0 saturated heterocycles. The number of rotatable bonds is 4. The monoisotopic (exact) mass is 425 g/mol. The lowest BCUT2D eigenvalue weighted by Gasteiger charge is -2.36. The predicted molar refractivity (Wildman–Crippen MR) is 112 cm³/mol. The minimum absolute atomic E-state index is 0.0239. The number of carbonyl (C=O) groups excluding carboxylic acids is 1. The molecule has 1 aliphatic heterocycles. The molecule has 0 bridgehead atoms. The summed E-state index contributed by atoms with van der Waals surface area (Å²) in [6, 6.07) is 10.4. The number of amides is 1. The molecule has 152 valence electrons. The van der Waals surface area contributed by atoms with Gasteiger partial charge in [0, 0.05) is 29.6 Å². The quantitative estimate of drug-likeness (QED) is 0.525. The number of fused-ring (bicyclic) bond motifs is 2. The fourth-order valence-corrected chi connectivity index (χ4v) is 4.75. The first-order valence-corrected chi connectivity index (χ1v) is 10.3. The van der Waals surface area contributed by atoms with Crippen molar-refractivity contribution in [1.29, 1.82) is 0 Å². The molecule has 0 atom stereocenters. The number of halogens is 2. The Morgan fingerprint density at radius 2 is 1.87 bits per heavy atom. The predicted octanol–water partition coefficient (Wildman–Crippen LogP) is 4.81. The fraction of sp³-hybridized carbons (Fsp3) is 0.182. The fourth-order valence-electron chi connectivity index (χ4n) is 4.11. The molecular formula is C22H17F2N3O2S. The molecule has 0 unspecified atom stereocenters. The largest absolute Gasteiger partial charge is 0.329 e. The van der Waals surface area contributed by atoms with Crippen LogP contribution in [0.4, 0.5) is 20.2 Å². The summed E-state index contributed by atoms with van der Waals surface area (Å²) in [5.74, 6) is -1.32. The molecule has 1 amide bonds. The van der Waals surface area contributed by atoms with Crippen LogP contribution < -0.4 is 15.6 Å². The van der Waals surface area contributed by atoms with Gasteiger partial charge in [-0.15, -0.1) is 0 Å². The van der Waals surface area contributed by atoms with E-state index in [1.165, 1.54) is 18.2 Å². The third-order valence-corrected chi connectivity index (χ3v) is 6.68. The molecule has 1 spiro atoms. The van der Waals surface area contributed by atoms with Gasteiger partial charge in [-0.3, -0.25) is 9.59 Å². The van der Waals surface area contributed by atoms with Gasteiger partial charge >= 0.3 is 0 Å². The molecule has 30 heavy (non-hydrogen) atoms. The topological polar surface area (TPSA) is 74.0 Å². The van der Waals surface area contributed by atoms with Crippen LogP contribution in [0.1, 0.15) is 24.8 Å². The maximum Gasteiger partial charge on any atom is 0.248 e. The van der Waals surface area contributed by atoms with Gasteiger partial charge in [0.15, 0.2) is 0 Å². The first kappa shape index (κ1) is 18.9. The van der Waals surface area contributed by atoms with Gasteiger partial charge in [0.2, 0.25) is 11.5 Å². The van der Waals surface area contributed by atoms with E-state index < -0.39 is 17.0 Å². The van der Waals surface area contributed by atoms with Crippen LogP contribution in [0.15, 0.2) is 58.4 Å². The lowest BCUT2D eigenvalue weighted by atomic mass is 9.65. The summed E-state index contributed by atoms with van der Waals surface area (Å²) in [7, 11) is 0. The standard InChI is InChI=1S/C22H17F2N3O2S/c23-13-2-3-18(17(24)9-13)30-27-14-10-15(12-4-7-25-19(28)8-12)20-16(11-14)22(5-1-6-22)21(29)26-20/h2-4,7-11,27H,1,5-6H2,(H,25,28)(H,26,29). The molecule has 2 aromatic carbocycles. The third kappa shape index (κ3) is 2.99. The van der Waals surface area contributed by atoms with E-state index in [0.717, 1.165) is 48.4 Å². The van der Waals surface area contributed by atoms with E-state index in [4.69, 9.17) is 0 Å². The summed E-state index contributed by atoms with van der Waals surface area (Å²) in [6.07, 6.45) is 4.07. The van der Waals surface area contributed by atoms with E-state index in [1.54, 1.807) is 12.3 Å². The van der Waals surface area contributed by atoms with Crippen LogP contribution in [0, 0.1) is 11.6 Å². The van der Waals surface area contributed by atoms with Gasteiger partial charge in [0.1, 0.15) is 11.6 Å². The first-order valence-electron chi connectivity index (χ1n) is 9.53. The highest BCUT2D eigenvalue weighted by atomic mass is 32.2. The molecule has 0 radical (unpaired) electrons. The first-order chi connectivity index (χ1) is 14.5. The molecule has 5 rings (SSSR count). The van der Waals surface area contributed by atoms with E-state index in [9.17, 15) is 18.4 Å². The highest BCUT2D eigenvalue weighted by Gasteiger charge is 2.51. The van der Waals surface area contributed by atoms with Crippen LogP contribution in [0.25, 0.3) is 11.1 Å². The van der Waals surface area contributed by atoms with Crippen molar-refractivity contribution >= 4 is 29.2 Å². The molecule has 1 aliphatic carbocycles. The van der Waals surface area contributed by atoms with E-state index in [2.05, 4.69) is 15.0 Å². The lowest BCUT2D eigenvalue weighted by molar-refractivity contribution is -0.123. The van der Waals surface area contributed by atoms with Gasteiger partial charge in [-0.05, 0) is 66.2 Å². The second kappa shape index (κ2) is 6.98. The highest BCUT2D eigenvalue weighted by molar-refractivity contribution is 8.00. The molecule has 5 nitrogen and oxygen atoms in total. The second-order valence-electron chi connectivity index (χ2n) is 7.56. The Kier molecular flexibility index (Phi) is 4.39. The van der Waals surface area contributed by atoms with E-state index in [-0.39, 0.29) is 16.4 Å². The van der Waals surface area contributed by atoms with Crippen molar-refractivity contribution in [1.82, 2.24) is 4.98 Å². The van der Waals surface area contributed by atoms with Crippen LogP contribution in [-0.4, -0.2) is 10.9 Å². The number of H-pyrrole nitrogens is 1. The molecule has 1 saturated carbocycles. The van der Waals surface area contributed by atoms with Gasteiger partial charge in [-0.2, -0.15) is 0 Å². The van der Waals surface area contributed by atoms with Crippen molar-refractivity contribution in [3.05, 3.63) is 76.2 Å². The number of aromatic nitrogens is 1. The molecule has 1 aromatic heterocycles. The molecule has 1 fully saturated rings. The highest BCUT2D eigenvalue weighted by Crippen LogP contribution is 2.54. The molecular weight excluding hydrogens is 408 g/mol. The van der Waals surface area contributed by atoms with Gasteiger partial charge in [-0.1, -0.05) is 6.42 Å². The average Bonchev–Trinajstić information content (AvgIpc) is 2.98. The number of nitrogens with one attached hydrogen (secondary N) is 3. The maximum absolute atomic E-state index is 14.0. The zero-order chi connectivity index (χ0) is 20.9. The van der Waals surface area contributed by atoms with Crippen LogP contribution in [0.2, 0.25) is 0 Å². The van der Waals surface area contributed by atoms with Crippen molar-refractivity contribution in [2.75, 3.05) is 10.0 Å². The zero-order valence-corrected chi connectivity index (χ0v) is 16.5. The minimum Gasteiger partial charge on any atom is -0.329 e. The maximum atomic E-state index is 14.0. The molecule has 3 aromatic rings. The van der Waals surface area contributed by atoms with Gasteiger partial charge in [0.05, 0.1) is 16.0 Å². The number of benzene rings is 2. The van der Waals surface area contributed by atoms with Gasteiger partial charge in [-0.25, -0.2) is 8.78 Å². The Balaban J connectivity index is 1.58. The molecule has 2 heterocycles. The van der Waals surface area contributed by atoms with Crippen molar-refractivity contribution < 1.29 is 13.6 Å². The number of anilines is 2. The van der Waals surface area contributed by atoms with Crippen molar-refractivity contribution in [3.63, 3.8) is 0 Å². The molecule has 3 N–H and O–H groups in total. The summed E-state index contributed by atoms with van der Waals surface area (Å²) >= 11 is 1.02. The zero-order valence-electron chi connectivity index (χ0n) is 15.7. The number of hydrogen-bond acceptors (Lipinski definition) is 4. The Morgan fingerprint density at radius 1 is 1.03 bits per heavy atom. The van der Waals surface area contributed by atoms with Crippen LogP contribution in [0.5, 0.6) is 0 Å². The van der Waals surface area contributed by atoms with Crippen molar-refractivity contribution in [3.8, 4) is 11.1 Å². The SMILES string of the molecule is O=C1Nc2c(-c3cc[nH]c(=O)c3)cc(NSc3ccc(F)cc3F)cc2C12CCC2. The normalized spacial score (nSPS) is 16.1. The number of hydrogen-bond donors (Lipinski definition) is 3. The molecule has 2 aliphatic rings. The summed E-state index contributed by atoms with van der Waals surface area (Å²) in [5, 5.41) is 3.01. The summed E-state index contributed by atoms with van der Waals surface area (Å²) < 4.78 is 30.3. The van der Waals surface area contributed by atoms with E-state index in [0.29, 0.717) is 16.9 Å². The smallest absolute Gasteiger partial charge is 0.248 e. The van der Waals surface area contributed by atoms with Crippen molar-refractivity contribution in [2.24, 2.45) is 0 Å². The minimum atomic E-state index is -0.657. The summed E-state index contributed by atoms with van der Waals surface area (Å²) in [6.45, 7) is 0. The summed E-state index contributed by atoms with van der Waals surface area (Å²) in [5.41, 5.74) is 2.87. The third-order valence-electron chi connectivity index (χ3n) is 5.79. The van der Waals surface area contributed by atoms with Crippen LogP contribution in [-0.2, 0) is 10.2 Å². The average molecular weight is 425 g/mol. The van der Waals surface area contributed by atoms with Gasteiger partial charge < -0.3 is 15.0 Å². The number of aromatic amines is 1. The van der Waals surface area contributed by atoms with Crippen LogP contribution >= 0.6 is 11.9 Å². The Hall–Kier alpha value is -3.13. The van der Waals surface area contributed by atoms with E-state index >= 15 is 0 Å². The Morgan fingerprint density at radius 3 is 2.57 bits per heavy atom. The van der Waals surface area contributed by atoms with E-state index in [1.807, 2.05) is 12.1 Å². The lowest BCUT2D eigenvalue weighted by Crippen LogP contribution is -2.40. The van der Waals surface area contributed by atoms with Crippen LogP contribution in [0.3, 0.4) is 0 Å². The molecule has 8 heteroatoms. The number of carbonyl (C=O) groups is 1. The number of pyridine rings is 1.